The van der Waals surface area contributed by atoms with Crippen LogP contribution in [0, 0.1) is 25.2 Å². The molecule has 2 aromatic carbocycles. The molecule has 2 rings (SSSR count). The quantitative estimate of drug-likeness (QED) is 0.776. The van der Waals surface area contributed by atoms with Gasteiger partial charge in [-0.05, 0) is 48.2 Å². The Morgan fingerprint density at radius 2 is 1.65 bits per heavy atom. The van der Waals surface area contributed by atoms with Crippen LogP contribution in [0.1, 0.15) is 40.7 Å². The van der Waals surface area contributed by atoms with Gasteiger partial charge in [-0.2, -0.15) is 18.4 Å². The van der Waals surface area contributed by atoms with Crippen molar-refractivity contribution in [2.45, 2.75) is 38.5 Å². The van der Waals surface area contributed by atoms with E-state index in [1.54, 1.807) is 0 Å². The molecule has 0 spiro atoms. The minimum absolute atomic E-state index is 0.0453. The molecule has 2 unspecified atom stereocenters. The van der Waals surface area contributed by atoms with Crippen LogP contribution < -0.4 is 0 Å². The number of hydrogen-bond acceptors (Lipinski definition) is 3. The fourth-order valence-electron chi connectivity index (χ4n) is 3.11. The molecule has 0 fully saturated rings. The minimum atomic E-state index is -5.00. The van der Waals surface area contributed by atoms with Crippen LogP contribution in [0.4, 0.5) is 13.2 Å². The van der Waals surface area contributed by atoms with E-state index in [9.17, 15) is 23.4 Å². The van der Waals surface area contributed by atoms with Crippen molar-refractivity contribution < 1.29 is 23.4 Å². The van der Waals surface area contributed by atoms with Gasteiger partial charge in [0.1, 0.15) is 5.75 Å². The molecular formula is C19H17ClF3NO2. The highest BCUT2D eigenvalue weighted by molar-refractivity contribution is 6.31. The maximum Gasteiger partial charge on any atom is 0.422 e. The third-order valence-electron chi connectivity index (χ3n) is 4.59. The Kier molecular flexibility index (Phi) is 5.27. The predicted octanol–water partition coefficient (Wildman–Crippen LogP) is 5.09. The lowest BCUT2D eigenvalue weighted by atomic mass is 9.76. The summed E-state index contributed by atoms with van der Waals surface area (Å²) >= 11 is 6.00. The van der Waals surface area contributed by atoms with Gasteiger partial charge in [-0.1, -0.05) is 36.7 Å². The lowest BCUT2D eigenvalue weighted by molar-refractivity contribution is -0.274. The summed E-state index contributed by atoms with van der Waals surface area (Å²) in [6.45, 7) is 4.25. The van der Waals surface area contributed by atoms with Gasteiger partial charge < -0.3 is 10.2 Å². The minimum Gasteiger partial charge on any atom is -0.508 e. The summed E-state index contributed by atoms with van der Waals surface area (Å²) in [6, 6.07) is 7.88. The fourth-order valence-corrected chi connectivity index (χ4v) is 3.45. The monoisotopic (exact) mass is 383 g/mol. The average Bonchev–Trinajstić information content (AvgIpc) is 2.52. The maximum absolute atomic E-state index is 14.0. The number of nitriles is 1. The van der Waals surface area contributed by atoms with E-state index in [4.69, 9.17) is 16.9 Å². The number of phenols is 1. The van der Waals surface area contributed by atoms with Crippen molar-refractivity contribution in [1.82, 2.24) is 0 Å². The Bertz CT molecular complexity index is 866. The summed E-state index contributed by atoms with van der Waals surface area (Å²) in [4.78, 5) is 0. The molecule has 0 radical (unpaired) electrons. The zero-order valence-electron chi connectivity index (χ0n) is 14.3. The highest BCUT2D eigenvalue weighted by Gasteiger charge is 2.59. The Balaban J connectivity index is 2.73. The number of aromatic hydroxyl groups is 1. The number of aliphatic hydroxyl groups is 1. The molecule has 138 valence electrons. The standard InChI is InChI=1S/C19H17ClF3NO2/c1-10-6-13(7-11(2)16(10)9-24)18(26,19(21,22)23)12(3)15-5-4-14(25)8-17(15)20/h4-8,12,25-26H,1-3H3. The van der Waals surface area contributed by atoms with E-state index >= 15 is 0 Å². The summed E-state index contributed by atoms with van der Waals surface area (Å²) in [6.07, 6.45) is -5.00. The van der Waals surface area contributed by atoms with Gasteiger partial charge in [-0.25, -0.2) is 0 Å². The summed E-state index contributed by atoms with van der Waals surface area (Å²) in [5.41, 5.74) is -2.59. The van der Waals surface area contributed by atoms with Crippen molar-refractivity contribution in [2.24, 2.45) is 0 Å². The molecule has 26 heavy (non-hydrogen) atoms. The Hall–Kier alpha value is -2.23. The van der Waals surface area contributed by atoms with Crippen LogP contribution >= 0.6 is 11.6 Å². The molecule has 0 aliphatic heterocycles. The normalized spacial score (nSPS) is 15.2. The summed E-state index contributed by atoms with van der Waals surface area (Å²) < 4.78 is 41.9. The van der Waals surface area contributed by atoms with Gasteiger partial charge in [0.05, 0.1) is 11.6 Å². The highest BCUT2D eigenvalue weighted by Crippen LogP contribution is 2.50. The number of phenolic OH excluding ortho intramolecular Hbond substituents is 1. The van der Waals surface area contributed by atoms with E-state index in [1.807, 2.05) is 6.07 Å². The van der Waals surface area contributed by atoms with Crippen molar-refractivity contribution in [3.8, 4) is 11.8 Å². The molecule has 2 aromatic rings. The molecule has 0 aliphatic rings. The van der Waals surface area contributed by atoms with Crippen LogP contribution in [0.5, 0.6) is 5.75 Å². The molecule has 0 aliphatic carbocycles. The third-order valence-corrected chi connectivity index (χ3v) is 4.92. The lowest BCUT2D eigenvalue weighted by Crippen LogP contribution is -2.46. The molecule has 0 saturated heterocycles. The van der Waals surface area contributed by atoms with Crippen LogP contribution in [0.25, 0.3) is 0 Å². The predicted molar refractivity (Wildman–Crippen MR) is 92.1 cm³/mol. The van der Waals surface area contributed by atoms with Crippen LogP contribution in [-0.4, -0.2) is 16.4 Å². The van der Waals surface area contributed by atoms with Crippen LogP contribution in [-0.2, 0) is 5.60 Å². The fraction of sp³-hybridized carbons (Fsp3) is 0.316. The Morgan fingerprint density at radius 1 is 1.12 bits per heavy atom. The van der Waals surface area contributed by atoms with E-state index in [0.29, 0.717) is 11.1 Å². The first-order valence-electron chi connectivity index (χ1n) is 7.72. The number of benzene rings is 2. The molecule has 0 amide bonds. The number of rotatable bonds is 3. The molecule has 0 bridgehead atoms. The lowest BCUT2D eigenvalue weighted by Gasteiger charge is -2.37. The highest BCUT2D eigenvalue weighted by atomic mass is 35.5. The molecule has 0 heterocycles. The number of alkyl halides is 3. The van der Waals surface area contributed by atoms with E-state index in [0.717, 1.165) is 6.07 Å². The molecule has 7 heteroatoms. The zero-order chi connectivity index (χ0) is 19.9. The van der Waals surface area contributed by atoms with Gasteiger partial charge in [0.15, 0.2) is 5.60 Å². The number of nitrogens with zero attached hydrogens (tertiary/aromatic N) is 1. The van der Waals surface area contributed by atoms with Gasteiger partial charge in [0.25, 0.3) is 0 Å². The van der Waals surface area contributed by atoms with E-state index in [2.05, 4.69) is 0 Å². The molecule has 0 saturated carbocycles. The SMILES string of the molecule is Cc1cc(C(O)(C(C)c2ccc(O)cc2Cl)C(F)(F)F)cc(C)c1C#N. The van der Waals surface area contributed by atoms with Crippen molar-refractivity contribution >= 4 is 11.6 Å². The van der Waals surface area contributed by atoms with Gasteiger partial charge in [0, 0.05) is 10.9 Å². The zero-order valence-corrected chi connectivity index (χ0v) is 15.1. The second-order valence-electron chi connectivity index (χ2n) is 6.29. The summed E-state index contributed by atoms with van der Waals surface area (Å²) in [5, 5.41) is 29.3. The van der Waals surface area contributed by atoms with E-state index in [-0.39, 0.29) is 27.5 Å². The van der Waals surface area contributed by atoms with Crippen LogP contribution in [0.3, 0.4) is 0 Å². The number of hydrogen-bond donors (Lipinski definition) is 2. The maximum atomic E-state index is 14.0. The first kappa shape index (κ1) is 20.1. The first-order chi connectivity index (χ1) is 11.9. The first-order valence-corrected chi connectivity index (χ1v) is 8.10. The van der Waals surface area contributed by atoms with Gasteiger partial charge >= 0.3 is 6.18 Å². The molecule has 3 nitrogen and oxygen atoms in total. The summed E-state index contributed by atoms with van der Waals surface area (Å²) in [7, 11) is 0. The van der Waals surface area contributed by atoms with E-state index in [1.165, 1.54) is 45.0 Å². The topological polar surface area (TPSA) is 64.2 Å². The van der Waals surface area contributed by atoms with Gasteiger partial charge in [-0.3, -0.25) is 0 Å². The second kappa shape index (κ2) is 6.82. The Morgan fingerprint density at radius 3 is 2.08 bits per heavy atom. The number of halogens is 4. The van der Waals surface area contributed by atoms with Crippen LogP contribution in [0.15, 0.2) is 30.3 Å². The second-order valence-corrected chi connectivity index (χ2v) is 6.70. The molecule has 2 atom stereocenters. The molecule has 0 aromatic heterocycles. The smallest absolute Gasteiger partial charge is 0.422 e. The van der Waals surface area contributed by atoms with Gasteiger partial charge in [0.2, 0.25) is 0 Å². The van der Waals surface area contributed by atoms with E-state index < -0.39 is 17.7 Å². The van der Waals surface area contributed by atoms with Crippen molar-refractivity contribution in [1.29, 1.82) is 5.26 Å². The van der Waals surface area contributed by atoms with Gasteiger partial charge in [-0.15, -0.1) is 0 Å². The number of aryl methyl sites for hydroxylation is 2. The Labute approximate surface area is 154 Å². The van der Waals surface area contributed by atoms with Crippen molar-refractivity contribution in [2.75, 3.05) is 0 Å². The largest absolute Gasteiger partial charge is 0.508 e. The average molecular weight is 384 g/mol. The van der Waals surface area contributed by atoms with Crippen molar-refractivity contribution in [3.05, 3.63) is 63.2 Å². The van der Waals surface area contributed by atoms with Crippen molar-refractivity contribution in [3.63, 3.8) is 0 Å². The van der Waals surface area contributed by atoms with Crippen LogP contribution in [0.2, 0.25) is 5.02 Å². The summed E-state index contributed by atoms with van der Waals surface area (Å²) in [5.74, 6) is -1.64. The molecular weight excluding hydrogens is 367 g/mol. The third kappa shape index (κ3) is 3.25. The molecule has 2 N–H and O–H groups in total.